The Kier molecular flexibility index (Phi) is 5.23. The topological polar surface area (TPSA) is 62.5 Å². The molecule has 0 N–H and O–H groups in total. The first-order chi connectivity index (χ1) is 11.2. The van der Waals surface area contributed by atoms with Crippen LogP contribution in [0.2, 0.25) is 0 Å². The van der Waals surface area contributed by atoms with Crippen molar-refractivity contribution in [3.63, 3.8) is 0 Å². The minimum Gasteiger partial charge on any atom is -0.348 e. The van der Waals surface area contributed by atoms with Crippen molar-refractivity contribution in [2.24, 2.45) is 0 Å². The largest absolute Gasteiger partial charge is 0.416 e. The summed E-state index contributed by atoms with van der Waals surface area (Å²) in [6, 6.07) is 4.51. The molecule has 1 amide bonds. The summed E-state index contributed by atoms with van der Waals surface area (Å²) in [5.41, 5.74) is -0.318. The average molecular weight is 342 g/mol. The number of halogens is 3. The highest BCUT2D eigenvalue weighted by molar-refractivity contribution is 5.77. The molecule has 0 unspecified atom stereocenters. The molecule has 0 aliphatic heterocycles. The molecule has 0 aliphatic carbocycles. The van der Waals surface area contributed by atoms with Gasteiger partial charge in [0.2, 0.25) is 17.6 Å². The van der Waals surface area contributed by atoms with Crippen molar-refractivity contribution in [2.75, 3.05) is 27.7 Å². The number of rotatable bonds is 5. The van der Waals surface area contributed by atoms with E-state index in [0.717, 1.165) is 12.1 Å². The van der Waals surface area contributed by atoms with Crippen molar-refractivity contribution in [3.05, 3.63) is 35.7 Å². The van der Waals surface area contributed by atoms with Crippen LogP contribution in [0.4, 0.5) is 13.2 Å². The smallest absolute Gasteiger partial charge is 0.348 e. The zero-order chi connectivity index (χ0) is 17.9. The summed E-state index contributed by atoms with van der Waals surface area (Å²) in [4.78, 5) is 18.9. The lowest BCUT2D eigenvalue weighted by molar-refractivity contribution is -0.137. The molecule has 6 nitrogen and oxygen atoms in total. The Morgan fingerprint density at radius 3 is 2.33 bits per heavy atom. The van der Waals surface area contributed by atoms with Crippen LogP contribution >= 0.6 is 0 Å². The molecule has 1 aromatic heterocycles. The molecule has 9 heteroatoms. The Balaban J connectivity index is 2.04. The van der Waals surface area contributed by atoms with Crippen molar-refractivity contribution in [1.82, 2.24) is 19.9 Å². The van der Waals surface area contributed by atoms with E-state index in [2.05, 4.69) is 10.1 Å². The monoisotopic (exact) mass is 342 g/mol. The number of alkyl halides is 3. The first kappa shape index (κ1) is 17.9. The van der Waals surface area contributed by atoms with Crippen LogP contribution in [0.15, 0.2) is 28.8 Å². The molecule has 1 aromatic carbocycles. The SMILES string of the molecule is CN(CC(=O)N(C)C)Cc1nc(-c2ccc(C(F)(F)F)cc2)no1. The molecule has 0 aliphatic rings. The average Bonchev–Trinajstić information content (AvgIpc) is 2.94. The van der Waals surface area contributed by atoms with Gasteiger partial charge in [-0.1, -0.05) is 17.3 Å². The van der Waals surface area contributed by atoms with Crippen LogP contribution in [0.25, 0.3) is 11.4 Å². The van der Waals surface area contributed by atoms with E-state index in [1.807, 2.05) is 0 Å². The predicted octanol–water partition coefficient (Wildman–Crippen LogP) is 2.28. The van der Waals surface area contributed by atoms with Gasteiger partial charge in [-0.25, -0.2) is 0 Å². The van der Waals surface area contributed by atoms with E-state index < -0.39 is 11.7 Å². The number of hydrogen-bond acceptors (Lipinski definition) is 5. The molecular formula is C15H17F3N4O2. The lowest BCUT2D eigenvalue weighted by Crippen LogP contribution is -2.34. The van der Waals surface area contributed by atoms with E-state index in [9.17, 15) is 18.0 Å². The summed E-state index contributed by atoms with van der Waals surface area (Å²) in [5, 5.41) is 3.76. The molecule has 130 valence electrons. The Morgan fingerprint density at radius 1 is 1.17 bits per heavy atom. The Morgan fingerprint density at radius 2 is 1.79 bits per heavy atom. The van der Waals surface area contributed by atoms with Gasteiger partial charge in [-0.2, -0.15) is 18.2 Å². The van der Waals surface area contributed by atoms with Gasteiger partial charge in [0, 0.05) is 19.7 Å². The van der Waals surface area contributed by atoms with Gasteiger partial charge >= 0.3 is 6.18 Å². The molecule has 0 saturated carbocycles. The maximum Gasteiger partial charge on any atom is 0.416 e. The Labute approximate surface area is 136 Å². The molecule has 0 atom stereocenters. The molecule has 24 heavy (non-hydrogen) atoms. The maximum absolute atomic E-state index is 12.5. The van der Waals surface area contributed by atoms with Crippen molar-refractivity contribution < 1.29 is 22.5 Å². The van der Waals surface area contributed by atoms with Gasteiger partial charge in [-0.05, 0) is 19.2 Å². The Bertz CT molecular complexity index is 695. The standard InChI is InChI=1S/C15H17F3N4O2/c1-21(2)13(23)9-22(3)8-12-19-14(20-24-12)10-4-6-11(7-5-10)15(16,17)18/h4-7H,8-9H2,1-3H3. The van der Waals surface area contributed by atoms with E-state index in [1.54, 1.807) is 26.0 Å². The van der Waals surface area contributed by atoms with Crippen LogP contribution in [-0.4, -0.2) is 53.5 Å². The van der Waals surface area contributed by atoms with Crippen LogP contribution in [0.5, 0.6) is 0 Å². The predicted molar refractivity (Wildman–Crippen MR) is 79.8 cm³/mol. The number of nitrogens with zero attached hydrogens (tertiary/aromatic N) is 4. The highest BCUT2D eigenvalue weighted by atomic mass is 19.4. The van der Waals surface area contributed by atoms with Crippen molar-refractivity contribution in [2.45, 2.75) is 12.7 Å². The molecule has 0 bridgehead atoms. The van der Waals surface area contributed by atoms with Gasteiger partial charge in [0.15, 0.2) is 0 Å². The van der Waals surface area contributed by atoms with Gasteiger partial charge in [-0.15, -0.1) is 0 Å². The summed E-state index contributed by atoms with van der Waals surface area (Å²) < 4.78 is 42.7. The minimum absolute atomic E-state index is 0.0695. The minimum atomic E-state index is -4.39. The zero-order valence-electron chi connectivity index (χ0n) is 13.5. The highest BCUT2D eigenvalue weighted by Crippen LogP contribution is 2.30. The van der Waals surface area contributed by atoms with E-state index in [1.165, 1.54) is 17.0 Å². The van der Waals surface area contributed by atoms with Crippen LogP contribution < -0.4 is 0 Å². The highest BCUT2D eigenvalue weighted by Gasteiger charge is 2.30. The first-order valence-electron chi connectivity index (χ1n) is 7.05. The first-order valence-corrected chi connectivity index (χ1v) is 7.05. The third kappa shape index (κ3) is 4.54. The number of aromatic nitrogens is 2. The van der Waals surface area contributed by atoms with Crippen molar-refractivity contribution in [1.29, 1.82) is 0 Å². The second kappa shape index (κ2) is 7.00. The molecule has 0 spiro atoms. The van der Waals surface area contributed by atoms with Crippen LogP contribution in [-0.2, 0) is 17.5 Å². The summed E-state index contributed by atoms with van der Waals surface area (Å²) in [6.07, 6.45) is -4.39. The van der Waals surface area contributed by atoms with E-state index in [-0.39, 0.29) is 30.7 Å². The third-order valence-corrected chi connectivity index (χ3v) is 3.25. The molecule has 1 heterocycles. The summed E-state index contributed by atoms with van der Waals surface area (Å²) in [6.45, 7) is 0.443. The zero-order valence-corrected chi connectivity index (χ0v) is 13.5. The number of likely N-dealkylation sites (N-methyl/N-ethyl adjacent to an activating group) is 2. The Hall–Kier alpha value is -2.42. The van der Waals surface area contributed by atoms with Crippen molar-refractivity contribution in [3.8, 4) is 11.4 Å². The summed E-state index contributed by atoms with van der Waals surface area (Å²) in [5.74, 6) is 0.407. The van der Waals surface area contributed by atoms with E-state index in [4.69, 9.17) is 4.52 Å². The van der Waals surface area contributed by atoms with Gasteiger partial charge in [0.1, 0.15) is 0 Å². The normalized spacial score (nSPS) is 11.8. The van der Waals surface area contributed by atoms with Crippen LogP contribution in [0.3, 0.4) is 0 Å². The molecule has 2 rings (SSSR count). The van der Waals surface area contributed by atoms with Crippen LogP contribution in [0.1, 0.15) is 11.5 Å². The molecule has 0 saturated heterocycles. The van der Waals surface area contributed by atoms with E-state index in [0.29, 0.717) is 5.56 Å². The lowest BCUT2D eigenvalue weighted by Gasteiger charge is -2.16. The fraction of sp³-hybridized carbons (Fsp3) is 0.400. The summed E-state index contributed by atoms with van der Waals surface area (Å²) >= 11 is 0. The lowest BCUT2D eigenvalue weighted by atomic mass is 10.1. The van der Waals surface area contributed by atoms with Gasteiger partial charge in [0.05, 0.1) is 18.7 Å². The van der Waals surface area contributed by atoms with Gasteiger partial charge in [-0.3, -0.25) is 9.69 Å². The van der Waals surface area contributed by atoms with Crippen LogP contribution in [0, 0.1) is 0 Å². The molecular weight excluding hydrogens is 325 g/mol. The number of carbonyl (C=O) groups excluding carboxylic acids is 1. The third-order valence-electron chi connectivity index (χ3n) is 3.25. The molecule has 0 fully saturated rings. The fourth-order valence-corrected chi connectivity index (χ4v) is 1.90. The second-order valence-corrected chi connectivity index (χ2v) is 5.55. The number of benzene rings is 1. The van der Waals surface area contributed by atoms with E-state index >= 15 is 0 Å². The summed E-state index contributed by atoms with van der Waals surface area (Å²) in [7, 11) is 5.04. The number of hydrogen-bond donors (Lipinski definition) is 0. The van der Waals surface area contributed by atoms with Gasteiger partial charge < -0.3 is 9.42 Å². The fourth-order valence-electron chi connectivity index (χ4n) is 1.90. The number of amides is 1. The van der Waals surface area contributed by atoms with Crippen molar-refractivity contribution >= 4 is 5.91 Å². The molecule has 0 radical (unpaired) electrons. The number of carbonyl (C=O) groups is 1. The maximum atomic E-state index is 12.5. The quantitative estimate of drug-likeness (QED) is 0.834. The van der Waals surface area contributed by atoms with Gasteiger partial charge in [0.25, 0.3) is 0 Å². The molecule has 2 aromatic rings. The second-order valence-electron chi connectivity index (χ2n) is 5.55.